The van der Waals surface area contributed by atoms with E-state index >= 15 is 0 Å². The fourth-order valence-corrected chi connectivity index (χ4v) is 2.50. The van der Waals surface area contributed by atoms with E-state index in [2.05, 4.69) is 30.6 Å². The maximum atomic E-state index is 4.23. The van der Waals surface area contributed by atoms with Gasteiger partial charge < -0.3 is 10.2 Å². The van der Waals surface area contributed by atoms with Crippen LogP contribution in [0.4, 0.5) is 0 Å². The highest BCUT2D eigenvalue weighted by molar-refractivity contribution is 5.02. The van der Waals surface area contributed by atoms with Gasteiger partial charge in [0, 0.05) is 30.7 Å². The molecule has 16 heavy (non-hydrogen) atoms. The molecule has 92 valence electrons. The highest BCUT2D eigenvalue weighted by Crippen LogP contribution is 2.29. The summed E-state index contributed by atoms with van der Waals surface area (Å²) in [4.78, 5) is 2.58. The zero-order valence-corrected chi connectivity index (χ0v) is 10.8. The van der Waals surface area contributed by atoms with E-state index in [1.54, 1.807) is 0 Å². The number of rotatable bonds is 5. The van der Waals surface area contributed by atoms with Crippen LogP contribution >= 0.6 is 0 Å². The molecule has 0 amide bonds. The Morgan fingerprint density at radius 2 is 2.12 bits per heavy atom. The number of nitrogens with zero attached hydrogens (tertiary/aromatic N) is 1. The fraction of sp³-hybridized carbons (Fsp3) is 0.857. The van der Waals surface area contributed by atoms with Gasteiger partial charge in [0.05, 0.1) is 0 Å². The van der Waals surface area contributed by atoms with Gasteiger partial charge in [0.15, 0.2) is 0 Å². The first-order chi connectivity index (χ1) is 7.66. The Balaban J connectivity index is 1.75. The Morgan fingerprint density at radius 1 is 1.38 bits per heavy atom. The smallest absolute Gasteiger partial charge is 0.0172 e. The highest BCUT2D eigenvalue weighted by Gasteiger charge is 2.25. The van der Waals surface area contributed by atoms with Gasteiger partial charge in [-0.1, -0.05) is 6.58 Å². The first-order valence-electron chi connectivity index (χ1n) is 6.83. The van der Waals surface area contributed by atoms with Crippen LogP contribution in [0.3, 0.4) is 0 Å². The molecule has 2 nitrogen and oxygen atoms in total. The summed E-state index contributed by atoms with van der Waals surface area (Å²) >= 11 is 0. The standard InChI is InChI=1S/C14H26N2/c1-11(2)16-8-4-5-14(10-16)12(3)15-9-13-6-7-13/h11,13-15H,3-10H2,1-2H3. The molecule has 0 bridgehead atoms. The van der Waals surface area contributed by atoms with Crippen molar-refractivity contribution in [2.45, 2.75) is 45.6 Å². The molecule has 0 aromatic carbocycles. The molecule has 0 radical (unpaired) electrons. The Morgan fingerprint density at radius 3 is 2.75 bits per heavy atom. The molecule has 1 heterocycles. The quantitative estimate of drug-likeness (QED) is 0.769. The van der Waals surface area contributed by atoms with E-state index < -0.39 is 0 Å². The third kappa shape index (κ3) is 3.24. The topological polar surface area (TPSA) is 15.3 Å². The zero-order valence-electron chi connectivity index (χ0n) is 10.8. The molecule has 0 aromatic rings. The lowest BCUT2D eigenvalue weighted by Crippen LogP contribution is -2.42. The fourth-order valence-electron chi connectivity index (χ4n) is 2.50. The van der Waals surface area contributed by atoms with Crippen LogP contribution in [0.1, 0.15) is 39.5 Å². The van der Waals surface area contributed by atoms with Gasteiger partial charge in [0.25, 0.3) is 0 Å². The van der Waals surface area contributed by atoms with Crippen LogP contribution in [0.15, 0.2) is 12.3 Å². The van der Waals surface area contributed by atoms with Gasteiger partial charge in [-0.05, 0) is 52.0 Å². The number of nitrogens with one attached hydrogen (secondary N) is 1. The lowest BCUT2D eigenvalue weighted by atomic mass is 9.94. The van der Waals surface area contributed by atoms with Crippen LogP contribution in [-0.2, 0) is 0 Å². The molecule has 0 aromatic heterocycles. The molecule has 1 aliphatic heterocycles. The molecule has 1 saturated heterocycles. The average Bonchev–Trinajstić information content (AvgIpc) is 3.10. The van der Waals surface area contributed by atoms with Crippen molar-refractivity contribution in [1.29, 1.82) is 0 Å². The van der Waals surface area contributed by atoms with Gasteiger partial charge in [0.1, 0.15) is 0 Å². The minimum absolute atomic E-state index is 0.676. The molecule has 2 heteroatoms. The SMILES string of the molecule is C=C(NCC1CC1)C1CCCN(C(C)C)C1. The van der Waals surface area contributed by atoms with Gasteiger partial charge in [-0.3, -0.25) is 0 Å². The lowest BCUT2D eigenvalue weighted by molar-refractivity contribution is 0.151. The van der Waals surface area contributed by atoms with Crippen LogP contribution < -0.4 is 5.32 Å². The van der Waals surface area contributed by atoms with Crippen LogP contribution in [0.5, 0.6) is 0 Å². The number of hydrogen-bond acceptors (Lipinski definition) is 2. The van der Waals surface area contributed by atoms with E-state index in [9.17, 15) is 0 Å². The number of piperidine rings is 1. The third-order valence-corrected chi connectivity index (χ3v) is 3.99. The molecule has 2 fully saturated rings. The van der Waals surface area contributed by atoms with Crippen molar-refractivity contribution in [3.63, 3.8) is 0 Å². The van der Waals surface area contributed by atoms with Gasteiger partial charge in [-0.2, -0.15) is 0 Å². The number of likely N-dealkylation sites (tertiary alicyclic amines) is 1. The van der Waals surface area contributed by atoms with Gasteiger partial charge >= 0.3 is 0 Å². The third-order valence-electron chi connectivity index (χ3n) is 3.99. The Bertz CT molecular complexity index is 243. The van der Waals surface area contributed by atoms with Gasteiger partial charge in [-0.25, -0.2) is 0 Å². The zero-order chi connectivity index (χ0) is 11.5. The predicted molar refractivity (Wildman–Crippen MR) is 69.3 cm³/mol. The molecule has 1 atom stereocenters. The Labute approximate surface area is 100 Å². The van der Waals surface area contributed by atoms with Gasteiger partial charge in [0.2, 0.25) is 0 Å². The summed E-state index contributed by atoms with van der Waals surface area (Å²) in [7, 11) is 0. The predicted octanol–water partition coefficient (Wildman–Crippen LogP) is 2.62. The van der Waals surface area contributed by atoms with Crippen molar-refractivity contribution in [3.05, 3.63) is 12.3 Å². The molecule has 2 rings (SSSR count). The van der Waals surface area contributed by atoms with Crippen LogP contribution in [0, 0.1) is 11.8 Å². The summed E-state index contributed by atoms with van der Waals surface area (Å²) in [6.45, 7) is 12.5. The molecule has 1 aliphatic carbocycles. The maximum Gasteiger partial charge on any atom is 0.0172 e. The van der Waals surface area contributed by atoms with Crippen molar-refractivity contribution in [3.8, 4) is 0 Å². The van der Waals surface area contributed by atoms with E-state index in [1.807, 2.05) is 0 Å². The summed E-state index contributed by atoms with van der Waals surface area (Å²) in [5.41, 5.74) is 1.29. The molecule has 1 saturated carbocycles. The molecule has 0 spiro atoms. The summed E-state index contributed by atoms with van der Waals surface area (Å²) in [6, 6.07) is 0.680. The van der Waals surface area contributed by atoms with E-state index in [0.717, 1.165) is 12.5 Å². The van der Waals surface area contributed by atoms with E-state index in [0.29, 0.717) is 12.0 Å². The molecular formula is C14H26N2. The van der Waals surface area contributed by atoms with Crippen molar-refractivity contribution in [2.75, 3.05) is 19.6 Å². The van der Waals surface area contributed by atoms with E-state index in [-0.39, 0.29) is 0 Å². The van der Waals surface area contributed by atoms with E-state index in [1.165, 1.54) is 44.5 Å². The molecular weight excluding hydrogens is 196 g/mol. The van der Waals surface area contributed by atoms with Crippen molar-refractivity contribution in [1.82, 2.24) is 10.2 Å². The highest BCUT2D eigenvalue weighted by atomic mass is 15.2. The first-order valence-corrected chi connectivity index (χ1v) is 6.83. The summed E-state index contributed by atoms with van der Waals surface area (Å²) in [5.74, 6) is 1.62. The van der Waals surface area contributed by atoms with Crippen molar-refractivity contribution >= 4 is 0 Å². The lowest BCUT2D eigenvalue weighted by Gasteiger charge is -2.36. The molecule has 1 unspecified atom stereocenters. The minimum Gasteiger partial charge on any atom is -0.388 e. The number of hydrogen-bond donors (Lipinski definition) is 1. The average molecular weight is 222 g/mol. The normalized spacial score (nSPS) is 27.1. The Hall–Kier alpha value is -0.500. The van der Waals surface area contributed by atoms with E-state index in [4.69, 9.17) is 0 Å². The largest absolute Gasteiger partial charge is 0.388 e. The van der Waals surface area contributed by atoms with Crippen LogP contribution in [0.25, 0.3) is 0 Å². The van der Waals surface area contributed by atoms with Crippen molar-refractivity contribution < 1.29 is 0 Å². The summed E-state index contributed by atoms with van der Waals surface area (Å²) < 4.78 is 0. The van der Waals surface area contributed by atoms with Crippen LogP contribution in [-0.4, -0.2) is 30.6 Å². The second kappa shape index (κ2) is 5.22. The van der Waals surface area contributed by atoms with Crippen LogP contribution in [0.2, 0.25) is 0 Å². The summed E-state index contributed by atoms with van der Waals surface area (Å²) in [5, 5.41) is 3.55. The monoisotopic (exact) mass is 222 g/mol. The molecule has 1 N–H and O–H groups in total. The molecule has 2 aliphatic rings. The van der Waals surface area contributed by atoms with Crippen molar-refractivity contribution in [2.24, 2.45) is 11.8 Å². The summed E-state index contributed by atoms with van der Waals surface area (Å²) in [6.07, 6.45) is 5.48. The first kappa shape index (κ1) is 12.0. The maximum absolute atomic E-state index is 4.23. The minimum atomic E-state index is 0.676. The Kier molecular flexibility index (Phi) is 3.91. The van der Waals surface area contributed by atoms with Gasteiger partial charge in [-0.15, -0.1) is 0 Å². The second-order valence-electron chi connectivity index (χ2n) is 5.78. The second-order valence-corrected chi connectivity index (χ2v) is 5.78.